The molecule has 1 aliphatic rings. The molecule has 3 rings (SSSR count). The Labute approximate surface area is 169 Å². The fraction of sp³-hybridized carbons (Fsp3) is 0.238. The van der Waals surface area contributed by atoms with Crippen LogP contribution in [0.3, 0.4) is 0 Å². The van der Waals surface area contributed by atoms with Crippen molar-refractivity contribution in [3.05, 3.63) is 65.7 Å². The number of aliphatic imine (C=N–C) groups is 2. The first-order valence-electron chi connectivity index (χ1n) is 9.37. The molecule has 1 atom stereocenters. The van der Waals surface area contributed by atoms with Gasteiger partial charge in [0.1, 0.15) is 6.04 Å². The molecule has 0 bridgehead atoms. The molecule has 0 spiro atoms. The molecular formula is C21H24N6O2. The van der Waals surface area contributed by atoms with Crippen molar-refractivity contribution in [2.24, 2.45) is 15.7 Å². The summed E-state index contributed by atoms with van der Waals surface area (Å²) in [6, 6.07) is 16.7. The van der Waals surface area contributed by atoms with Crippen molar-refractivity contribution < 1.29 is 9.59 Å². The van der Waals surface area contributed by atoms with E-state index >= 15 is 0 Å². The second kappa shape index (κ2) is 9.50. The van der Waals surface area contributed by atoms with Gasteiger partial charge in [-0.25, -0.2) is 4.99 Å². The summed E-state index contributed by atoms with van der Waals surface area (Å²) in [5.41, 5.74) is 8.90. The summed E-state index contributed by atoms with van der Waals surface area (Å²) < 4.78 is 0. The van der Waals surface area contributed by atoms with Gasteiger partial charge in [-0.3, -0.25) is 14.9 Å². The van der Waals surface area contributed by atoms with Crippen LogP contribution in [0.1, 0.15) is 17.5 Å². The van der Waals surface area contributed by atoms with Crippen molar-refractivity contribution in [3.8, 4) is 0 Å². The number of rotatable bonds is 6. The van der Waals surface area contributed by atoms with E-state index in [1.54, 1.807) is 0 Å². The highest BCUT2D eigenvalue weighted by atomic mass is 16.2. The number of benzene rings is 2. The zero-order chi connectivity index (χ0) is 20.6. The van der Waals surface area contributed by atoms with Gasteiger partial charge in [0, 0.05) is 12.2 Å². The Balaban J connectivity index is 1.49. The van der Waals surface area contributed by atoms with E-state index in [4.69, 9.17) is 5.73 Å². The number of anilines is 1. The van der Waals surface area contributed by atoms with Gasteiger partial charge >= 0.3 is 0 Å². The van der Waals surface area contributed by atoms with Crippen LogP contribution in [0.2, 0.25) is 0 Å². The Bertz CT molecular complexity index is 922. The number of hydrogen-bond acceptors (Lipinski definition) is 4. The van der Waals surface area contributed by atoms with Crippen LogP contribution in [-0.2, 0) is 16.0 Å². The molecule has 1 heterocycles. The van der Waals surface area contributed by atoms with Gasteiger partial charge in [0.05, 0.1) is 6.42 Å². The van der Waals surface area contributed by atoms with Crippen molar-refractivity contribution in [1.29, 1.82) is 0 Å². The molecule has 150 valence electrons. The average Bonchev–Trinajstić information content (AvgIpc) is 3.03. The highest BCUT2D eigenvalue weighted by Gasteiger charge is 2.28. The summed E-state index contributed by atoms with van der Waals surface area (Å²) in [7, 11) is 0. The largest absolute Gasteiger partial charge is 0.369 e. The van der Waals surface area contributed by atoms with E-state index in [9.17, 15) is 9.59 Å². The summed E-state index contributed by atoms with van der Waals surface area (Å²) in [4.78, 5) is 32.4. The lowest BCUT2D eigenvalue weighted by molar-refractivity contribution is -0.126. The molecule has 5 N–H and O–H groups in total. The molecule has 0 radical (unpaired) electrons. The Morgan fingerprint density at radius 3 is 2.62 bits per heavy atom. The smallest absolute Gasteiger partial charge is 0.252 e. The third-order valence-corrected chi connectivity index (χ3v) is 4.32. The van der Waals surface area contributed by atoms with Gasteiger partial charge in [-0.2, -0.15) is 4.99 Å². The van der Waals surface area contributed by atoms with E-state index in [0.29, 0.717) is 6.54 Å². The van der Waals surface area contributed by atoms with Crippen molar-refractivity contribution >= 4 is 29.4 Å². The normalized spacial score (nSPS) is 16.2. The first-order chi connectivity index (χ1) is 14.0. The van der Waals surface area contributed by atoms with Gasteiger partial charge in [-0.15, -0.1) is 0 Å². The molecule has 0 fully saturated rings. The Morgan fingerprint density at radius 2 is 1.90 bits per heavy atom. The van der Waals surface area contributed by atoms with Crippen LogP contribution < -0.4 is 21.7 Å². The van der Waals surface area contributed by atoms with Crippen LogP contribution >= 0.6 is 0 Å². The molecule has 29 heavy (non-hydrogen) atoms. The molecule has 8 heteroatoms. The predicted octanol–water partition coefficient (Wildman–Crippen LogP) is 1.33. The zero-order valence-corrected chi connectivity index (χ0v) is 16.2. The minimum absolute atomic E-state index is 0.0368. The number of carbonyl (C=O) groups excluding carboxylic acids is 2. The number of amides is 2. The van der Waals surface area contributed by atoms with Crippen LogP contribution in [0.4, 0.5) is 5.69 Å². The third kappa shape index (κ3) is 6.17. The monoisotopic (exact) mass is 392 g/mol. The SMILES string of the molecule is Cc1ccc(N/C(N)=N/C2=NC(CC(=O)NCCc3ccccc3)C(=O)N2)cc1. The van der Waals surface area contributed by atoms with Crippen LogP contribution in [-0.4, -0.2) is 36.3 Å². The van der Waals surface area contributed by atoms with Crippen molar-refractivity contribution in [2.75, 3.05) is 11.9 Å². The minimum atomic E-state index is -0.808. The van der Waals surface area contributed by atoms with E-state index in [0.717, 1.165) is 23.2 Å². The lowest BCUT2D eigenvalue weighted by Gasteiger charge is -2.07. The highest BCUT2D eigenvalue weighted by molar-refractivity contribution is 6.11. The molecule has 1 aliphatic heterocycles. The fourth-order valence-electron chi connectivity index (χ4n) is 2.79. The summed E-state index contributed by atoms with van der Waals surface area (Å²) in [5.74, 6) is -0.416. The second-order valence-corrected chi connectivity index (χ2v) is 6.74. The summed E-state index contributed by atoms with van der Waals surface area (Å²) >= 11 is 0. The third-order valence-electron chi connectivity index (χ3n) is 4.32. The van der Waals surface area contributed by atoms with E-state index in [1.165, 1.54) is 0 Å². The van der Waals surface area contributed by atoms with Gasteiger partial charge in [0.2, 0.25) is 17.8 Å². The molecule has 0 saturated carbocycles. The lowest BCUT2D eigenvalue weighted by atomic mass is 10.1. The molecular weight excluding hydrogens is 368 g/mol. The maximum Gasteiger partial charge on any atom is 0.252 e. The lowest BCUT2D eigenvalue weighted by Crippen LogP contribution is -2.34. The van der Waals surface area contributed by atoms with Gasteiger partial charge in [-0.1, -0.05) is 48.0 Å². The zero-order valence-electron chi connectivity index (χ0n) is 16.2. The quantitative estimate of drug-likeness (QED) is 0.438. The number of aryl methyl sites for hydroxylation is 1. The average molecular weight is 392 g/mol. The van der Waals surface area contributed by atoms with Crippen LogP contribution in [0.25, 0.3) is 0 Å². The molecule has 0 saturated heterocycles. The fourth-order valence-corrected chi connectivity index (χ4v) is 2.79. The van der Waals surface area contributed by atoms with Gasteiger partial charge < -0.3 is 16.4 Å². The summed E-state index contributed by atoms with van der Waals surface area (Å²) in [5, 5.41) is 8.28. The number of nitrogens with zero attached hydrogens (tertiary/aromatic N) is 2. The number of guanidine groups is 2. The van der Waals surface area contributed by atoms with E-state index in [1.807, 2.05) is 61.5 Å². The molecule has 2 aromatic rings. The summed E-state index contributed by atoms with van der Waals surface area (Å²) in [6.07, 6.45) is 0.689. The van der Waals surface area contributed by atoms with Crippen molar-refractivity contribution in [1.82, 2.24) is 10.6 Å². The molecule has 0 aromatic heterocycles. The first kappa shape index (κ1) is 20.1. The minimum Gasteiger partial charge on any atom is -0.369 e. The number of hydrogen-bond donors (Lipinski definition) is 4. The van der Waals surface area contributed by atoms with Gasteiger partial charge in [-0.05, 0) is 31.0 Å². The van der Waals surface area contributed by atoms with E-state index < -0.39 is 6.04 Å². The van der Waals surface area contributed by atoms with E-state index in [-0.39, 0.29) is 30.2 Å². The van der Waals surface area contributed by atoms with Crippen LogP contribution in [0.5, 0.6) is 0 Å². The molecule has 2 aromatic carbocycles. The van der Waals surface area contributed by atoms with Crippen LogP contribution in [0.15, 0.2) is 64.6 Å². The molecule has 1 unspecified atom stereocenters. The Morgan fingerprint density at radius 1 is 1.17 bits per heavy atom. The number of carbonyl (C=O) groups is 2. The highest BCUT2D eigenvalue weighted by Crippen LogP contribution is 2.09. The van der Waals surface area contributed by atoms with E-state index in [2.05, 4.69) is 25.9 Å². The Hall–Kier alpha value is -3.68. The molecule has 8 nitrogen and oxygen atoms in total. The second-order valence-electron chi connectivity index (χ2n) is 6.74. The number of nitrogens with one attached hydrogen (secondary N) is 3. The van der Waals surface area contributed by atoms with Crippen LogP contribution in [0, 0.1) is 6.92 Å². The molecule has 0 aliphatic carbocycles. The molecule has 2 amide bonds. The maximum absolute atomic E-state index is 12.1. The van der Waals surface area contributed by atoms with Crippen molar-refractivity contribution in [3.63, 3.8) is 0 Å². The van der Waals surface area contributed by atoms with Crippen molar-refractivity contribution in [2.45, 2.75) is 25.8 Å². The number of nitrogens with two attached hydrogens (primary N) is 1. The standard InChI is InChI=1S/C21H24N6O2/c1-14-7-9-16(10-8-14)24-20(22)27-21-25-17(19(29)26-21)13-18(28)23-12-11-15-5-3-2-4-6-15/h2-10,17H,11-13H2,1H3,(H,23,28)(H4,22,24,25,26,27,29). The van der Waals surface area contributed by atoms with Gasteiger partial charge in [0.15, 0.2) is 0 Å². The first-order valence-corrected chi connectivity index (χ1v) is 9.37. The predicted molar refractivity (Wildman–Crippen MR) is 114 cm³/mol. The summed E-state index contributed by atoms with van der Waals surface area (Å²) in [6.45, 7) is 2.49. The Kier molecular flexibility index (Phi) is 6.57. The topological polar surface area (TPSA) is 121 Å². The maximum atomic E-state index is 12.1. The van der Waals surface area contributed by atoms with Gasteiger partial charge in [0.25, 0.3) is 5.91 Å².